The second kappa shape index (κ2) is 10.7. The van der Waals surface area contributed by atoms with Gasteiger partial charge < -0.3 is 9.64 Å². The molecule has 0 saturated carbocycles. The quantitative estimate of drug-likeness (QED) is 0.321. The summed E-state index contributed by atoms with van der Waals surface area (Å²) in [5, 5.41) is 20.0. The summed E-state index contributed by atoms with van der Waals surface area (Å²) in [6.45, 7) is 29.6. The van der Waals surface area contributed by atoms with E-state index < -0.39 is 0 Å². The number of anilines is 1. The van der Waals surface area contributed by atoms with E-state index in [-0.39, 0.29) is 32.6 Å². The summed E-state index contributed by atoms with van der Waals surface area (Å²) in [6, 6.07) is 13.4. The molecule has 1 unspecified atom stereocenters. The molecule has 0 fully saturated rings. The number of nitriles is 2. The van der Waals surface area contributed by atoms with Crippen molar-refractivity contribution in [1.82, 2.24) is 0 Å². The van der Waals surface area contributed by atoms with Gasteiger partial charge in [0.25, 0.3) is 0 Å². The maximum Gasteiger partial charge on any atom is 0.139 e. The molecule has 0 aliphatic carbocycles. The van der Waals surface area contributed by atoms with Crippen LogP contribution < -0.4 is 9.64 Å². The molecule has 4 nitrogen and oxygen atoms in total. The Bertz CT molecular complexity index is 1720. The van der Waals surface area contributed by atoms with Gasteiger partial charge in [-0.25, -0.2) is 0 Å². The van der Waals surface area contributed by atoms with Crippen molar-refractivity contribution in [1.29, 1.82) is 10.5 Å². The van der Waals surface area contributed by atoms with Gasteiger partial charge in [0.15, 0.2) is 0 Å². The Morgan fingerprint density at radius 3 is 2.02 bits per heavy atom. The highest BCUT2D eigenvalue weighted by Gasteiger charge is 2.47. The summed E-state index contributed by atoms with van der Waals surface area (Å²) in [5.74, 6) is 1.36. The Hall–Kier alpha value is -3.76. The van der Waals surface area contributed by atoms with E-state index in [1.165, 1.54) is 16.8 Å². The molecule has 3 aliphatic rings. The highest BCUT2D eigenvalue weighted by molar-refractivity contribution is 5.88. The van der Waals surface area contributed by atoms with Crippen molar-refractivity contribution in [2.45, 2.75) is 118 Å². The van der Waals surface area contributed by atoms with E-state index >= 15 is 0 Å². The highest BCUT2D eigenvalue weighted by atomic mass is 16.5. The van der Waals surface area contributed by atoms with Gasteiger partial charge in [0.1, 0.15) is 29.2 Å². The number of allylic oxidation sites excluding steroid dienone is 4. The van der Waals surface area contributed by atoms with Gasteiger partial charge in [0.05, 0.1) is 0 Å². The lowest BCUT2D eigenvalue weighted by atomic mass is 9.58. The van der Waals surface area contributed by atoms with Crippen LogP contribution in [-0.2, 0) is 21.7 Å². The van der Waals surface area contributed by atoms with E-state index in [1.54, 1.807) is 0 Å². The largest absolute Gasteiger partial charge is 0.456 e. The van der Waals surface area contributed by atoms with Crippen LogP contribution in [0.3, 0.4) is 0 Å². The molecular formula is C41H51N3O. The Labute approximate surface area is 272 Å². The van der Waals surface area contributed by atoms with E-state index in [2.05, 4.69) is 130 Å². The fourth-order valence-corrected chi connectivity index (χ4v) is 7.10. The van der Waals surface area contributed by atoms with Crippen LogP contribution in [0.1, 0.15) is 129 Å². The molecule has 4 heteroatoms. The molecule has 3 aliphatic heterocycles. The van der Waals surface area contributed by atoms with Gasteiger partial charge in [0, 0.05) is 40.9 Å². The van der Waals surface area contributed by atoms with Crippen LogP contribution in [0, 0.1) is 28.1 Å². The summed E-state index contributed by atoms with van der Waals surface area (Å²) in [7, 11) is 0. The number of ether oxygens (including phenoxy) is 1. The molecule has 0 saturated heterocycles. The number of hydrogen-bond donors (Lipinski definition) is 0. The lowest BCUT2D eigenvalue weighted by molar-refractivity contribution is 0.182. The third kappa shape index (κ3) is 5.63. The number of hydrogen-bond acceptors (Lipinski definition) is 4. The van der Waals surface area contributed by atoms with Crippen molar-refractivity contribution in [3.8, 4) is 17.9 Å². The molecule has 0 N–H and O–H groups in total. The predicted octanol–water partition coefficient (Wildman–Crippen LogP) is 10.3. The number of fused-ring (bicyclic) bond motifs is 1. The Morgan fingerprint density at radius 1 is 0.822 bits per heavy atom. The fraction of sp³-hybridized carbons (Fsp3) is 0.512. The molecule has 1 atom stereocenters. The minimum atomic E-state index is -0.210. The first-order chi connectivity index (χ1) is 20.7. The number of rotatable bonds is 2. The summed E-state index contributed by atoms with van der Waals surface area (Å²) in [6.07, 6.45) is 8.30. The van der Waals surface area contributed by atoms with Gasteiger partial charge in [0.2, 0.25) is 0 Å². The van der Waals surface area contributed by atoms with Crippen molar-refractivity contribution in [2.24, 2.45) is 5.41 Å². The van der Waals surface area contributed by atoms with Gasteiger partial charge >= 0.3 is 0 Å². The Morgan fingerprint density at radius 2 is 1.44 bits per heavy atom. The molecular weight excluding hydrogens is 550 g/mol. The SMILES string of the molecule is CC(C)(C)c1cc2c(c(C(C)(C)C)c1)OC(/C=C/c1cc3c4c(c1)C(C)(C(C)(C)C)CCN4CCC3(C)C)=CC2=C(C#N)C#N. The lowest BCUT2D eigenvalue weighted by Gasteiger charge is -2.53. The number of benzene rings is 2. The van der Waals surface area contributed by atoms with E-state index in [0.29, 0.717) is 11.3 Å². The zero-order valence-corrected chi connectivity index (χ0v) is 29.6. The van der Waals surface area contributed by atoms with Crippen LogP contribution in [0.5, 0.6) is 5.75 Å². The first kappa shape index (κ1) is 32.6. The van der Waals surface area contributed by atoms with E-state index in [1.807, 2.05) is 12.2 Å². The third-order valence-corrected chi connectivity index (χ3v) is 10.8. The topological polar surface area (TPSA) is 60.0 Å². The maximum atomic E-state index is 9.99. The van der Waals surface area contributed by atoms with Crippen molar-refractivity contribution in [2.75, 3.05) is 18.0 Å². The number of nitrogens with zero attached hydrogens (tertiary/aromatic N) is 3. The fourth-order valence-electron chi connectivity index (χ4n) is 7.10. The van der Waals surface area contributed by atoms with Crippen LogP contribution in [-0.4, -0.2) is 13.1 Å². The van der Waals surface area contributed by atoms with Crippen molar-refractivity contribution in [3.63, 3.8) is 0 Å². The molecule has 5 rings (SSSR count). The first-order valence-electron chi connectivity index (χ1n) is 16.5. The van der Waals surface area contributed by atoms with Gasteiger partial charge in [-0.2, -0.15) is 10.5 Å². The third-order valence-electron chi connectivity index (χ3n) is 10.8. The lowest BCUT2D eigenvalue weighted by Crippen LogP contribution is -2.49. The second-order valence-electron chi connectivity index (χ2n) is 17.3. The monoisotopic (exact) mass is 601 g/mol. The van der Waals surface area contributed by atoms with E-state index in [9.17, 15) is 10.5 Å². The van der Waals surface area contributed by atoms with E-state index in [4.69, 9.17) is 4.74 Å². The van der Waals surface area contributed by atoms with Crippen LogP contribution in [0.4, 0.5) is 5.69 Å². The van der Waals surface area contributed by atoms with Crippen LogP contribution in [0.2, 0.25) is 0 Å². The summed E-state index contributed by atoms with van der Waals surface area (Å²) in [4.78, 5) is 2.61. The molecule has 45 heavy (non-hydrogen) atoms. The minimum Gasteiger partial charge on any atom is -0.456 e. The zero-order chi connectivity index (χ0) is 33.3. The summed E-state index contributed by atoms with van der Waals surface area (Å²) >= 11 is 0. The van der Waals surface area contributed by atoms with E-state index in [0.717, 1.165) is 53.9 Å². The summed E-state index contributed by atoms with van der Waals surface area (Å²) in [5.41, 5.74) is 9.11. The average Bonchev–Trinajstić information content (AvgIpc) is 2.93. The minimum absolute atomic E-state index is 0.0428. The van der Waals surface area contributed by atoms with Crippen molar-refractivity contribution < 1.29 is 4.74 Å². The Kier molecular flexibility index (Phi) is 7.73. The van der Waals surface area contributed by atoms with Crippen LogP contribution in [0.15, 0.2) is 47.7 Å². The predicted molar refractivity (Wildman–Crippen MR) is 187 cm³/mol. The van der Waals surface area contributed by atoms with Gasteiger partial charge in [-0.05, 0) is 87.1 Å². The first-order valence-corrected chi connectivity index (χ1v) is 16.5. The highest BCUT2D eigenvalue weighted by Crippen LogP contribution is 2.55. The maximum absolute atomic E-state index is 9.99. The molecule has 236 valence electrons. The molecule has 0 bridgehead atoms. The van der Waals surface area contributed by atoms with Gasteiger partial charge in [-0.15, -0.1) is 0 Å². The summed E-state index contributed by atoms with van der Waals surface area (Å²) < 4.78 is 6.70. The molecule has 3 heterocycles. The molecule has 0 aromatic heterocycles. The molecule has 2 aromatic carbocycles. The average molecular weight is 602 g/mol. The van der Waals surface area contributed by atoms with Gasteiger partial charge in [-0.3, -0.25) is 0 Å². The van der Waals surface area contributed by atoms with Crippen molar-refractivity contribution >= 4 is 17.3 Å². The van der Waals surface area contributed by atoms with Gasteiger partial charge in [-0.1, -0.05) is 95.2 Å². The smallest absolute Gasteiger partial charge is 0.139 e. The standard InChI is InChI=1S/C41H51N3O/c1-37(2,3)28-21-31-30(27(24-42)25-43)23-29(45-36(31)34(22-28)38(4,5)6)14-13-26-19-32-35-33(20-26)41(12,39(7,8)9)16-18-44(35)17-15-40(32,10)11/h13-14,19-23H,15-18H2,1-12H3/b14-13+. The molecule has 0 amide bonds. The van der Waals surface area contributed by atoms with Crippen LogP contribution in [0.25, 0.3) is 11.6 Å². The Balaban J connectivity index is 1.69. The molecule has 0 spiro atoms. The normalized spacial score (nSPS) is 20.9. The molecule has 2 aromatic rings. The second-order valence-corrected chi connectivity index (χ2v) is 17.3. The molecule has 0 radical (unpaired) electrons. The van der Waals surface area contributed by atoms with Crippen LogP contribution >= 0.6 is 0 Å². The zero-order valence-electron chi connectivity index (χ0n) is 29.6. The van der Waals surface area contributed by atoms with Crippen molar-refractivity contribution in [3.05, 3.63) is 81.1 Å².